The Hall–Kier alpha value is -1.69. The van der Waals surface area contributed by atoms with E-state index in [0.717, 1.165) is 42.8 Å². The van der Waals surface area contributed by atoms with Crippen LogP contribution in [-0.2, 0) is 0 Å². The molecule has 2 heterocycles. The predicted octanol–water partition coefficient (Wildman–Crippen LogP) is 0.880. The molecule has 5 heteroatoms. The first-order valence-corrected chi connectivity index (χ1v) is 7.40. The number of nitrogens with zero attached hydrogens (tertiary/aromatic N) is 2. The van der Waals surface area contributed by atoms with Gasteiger partial charge in [0.25, 0.3) is 0 Å². The maximum Gasteiger partial charge on any atom is 0.128 e. The molecule has 1 aliphatic rings. The molecule has 2 aromatic rings. The summed E-state index contributed by atoms with van der Waals surface area (Å²) in [6.07, 6.45) is 1.29. The van der Waals surface area contributed by atoms with Crippen LogP contribution < -0.4 is 10.1 Å². The summed E-state index contributed by atoms with van der Waals surface area (Å²) in [6.45, 7) is 4.90. The third-order valence-electron chi connectivity index (χ3n) is 3.72. The molecule has 1 fully saturated rings. The van der Waals surface area contributed by atoms with Crippen molar-refractivity contribution < 1.29 is 9.84 Å². The Morgan fingerprint density at radius 3 is 2.95 bits per heavy atom. The summed E-state index contributed by atoms with van der Waals surface area (Å²) < 4.78 is 5.79. The van der Waals surface area contributed by atoms with E-state index in [1.807, 2.05) is 30.3 Å². The first-order valence-electron chi connectivity index (χ1n) is 7.40. The Balaban J connectivity index is 1.58. The van der Waals surface area contributed by atoms with Crippen molar-refractivity contribution in [2.45, 2.75) is 6.10 Å². The lowest BCUT2D eigenvalue weighted by atomic mass is 10.2. The second-order valence-electron chi connectivity index (χ2n) is 5.34. The summed E-state index contributed by atoms with van der Waals surface area (Å²) in [6, 6.07) is 9.68. The Bertz CT molecular complexity index is 579. The third-order valence-corrected chi connectivity index (χ3v) is 3.72. The molecule has 1 aromatic carbocycles. The molecule has 112 valence electrons. The van der Waals surface area contributed by atoms with Gasteiger partial charge in [-0.15, -0.1) is 0 Å². The standard InChI is InChI=1S/C16H21N3O2/c20-13(11-19-9-7-17-8-10-19)12-21-16-5-1-4-15-14(16)3-2-6-18-15/h1-6,13,17,20H,7-12H2. The lowest BCUT2D eigenvalue weighted by Gasteiger charge is -2.29. The fraction of sp³-hybridized carbons (Fsp3) is 0.438. The highest BCUT2D eigenvalue weighted by Gasteiger charge is 2.15. The minimum atomic E-state index is -0.477. The first kappa shape index (κ1) is 14.3. The Morgan fingerprint density at radius 2 is 2.10 bits per heavy atom. The van der Waals surface area contributed by atoms with E-state index >= 15 is 0 Å². The Kier molecular flexibility index (Phi) is 4.65. The molecule has 3 rings (SSSR count). The van der Waals surface area contributed by atoms with Crippen molar-refractivity contribution in [3.63, 3.8) is 0 Å². The molecule has 1 aromatic heterocycles. The van der Waals surface area contributed by atoms with E-state index in [9.17, 15) is 5.11 Å². The number of aromatic nitrogens is 1. The van der Waals surface area contributed by atoms with Gasteiger partial charge in [0.1, 0.15) is 18.5 Å². The second-order valence-corrected chi connectivity index (χ2v) is 5.34. The topological polar surface area (TPSA) is 57.6 Å². The average molecular weight is 287 g/mol. The summed E-state index contributed by atoms with van der Waals surface area (Å²) in [4.78, 5) is 6.56. The van der Waals surface area contributed by atoms with Gasteiger partial charge in [-0.2, -0.15) is 0 Å². The average Bonchev–Trinajstić information content (AvgIpc) is 2.54. The van der Waals surface area contributed by atoms with Crippen LogP contribution in [0.2, 0.25) is 0 Å². The van der Waals surface area contributed by atoms with Crippen LogP contribution in [0.25, 0.3) is 10.9 Å². The third kappa shape index (κ3) is 3.69. The smallest absolute Gasteiger partial charge is 0.128 e. The fourth-order valence-corrected chi connectivity index (χ4v) is 2.63. The Labute approximate surface area is 124 Å². The molecule has 0 aliphatic carbocycles. The minimum Gasteiger partial charge on any atom is -0.490 e. The van der Waals surface area contributed by atoms with Crippen molar-refractivity contribution in [1.82, 2.24) is 15.2 Å². The molecule has 2 N–H and O–H groups in total. The van der Waals surface area contributed by atoms with E-state index in [2.05, 4.69) is 15.2 Å². The van der Waals surface area contributed by atoms with Gasteiger partial charge in [0.2, 0.25) is 0 Å². The summed E-state index contributed by atoms with van der Waals surface area (Å²) in [5.41, 5.74) is 0.909. The van der Waals surface area contributed by atoms with Crippen LogP contribution in [0.1, 0.15) is 0 Å². The second kappa shape index (κ2) is 6.85. The quantitative estimate of drug-likeness (QED) is 0.855. The predicted molar refractivity (Wildman–Crippen MR) is 82.6 cm³/mol. The van der Waals surface area contributed by atoms with Crippen molar-refractivity contribution in [3.05, 3.63) is 36.5 Å². The largest absolute Gasteiger partial charge is 0.490 e. The van der Waals surface area contributed by atoms with E-state index < -0.39 is 6.10 Å². The van der Waals surface area contributed by atoms with Gasteiger partial charge in [0.15, 0.2) is 0 Å². The van der Waals surface area contributed by atoms with Gasteiger partial charge in [-0.05, 0) is 24.3 Å². The monoisotopic (exact) mass is 287 g/mol. The lowest BCUT2D eigenvalue weighted by Crippen LogP contribution is -2.47. The van der Waals surface area contributed by atoms with Gasteiger partial charge in [-0.3, -0.25) is 9.88 Å². The van der Waals surface area contributed by atoms with E-state index in [-0.39, 0.29) is 0 Å². The van der Waals surface area contributed by atoms with Crippen LogP contribution in [-0.4, -0.2) is 60.4 Å². The number of piperazine rings is 1. The van der Waals surface area contributed by atoms with Crippen molar-refractivity contribution in [3.8, 4) is 5.75 Å². The SMILES string of the molecule is OC(COc1cccc2ncccc12)CN1CCNCC1. The molecule has 5 nitrogen and oxygen atoms in total. The van der Waals surface area contributed by atoms with Crippen LogP contribution in [0.4, 0.5) is 0 Å². The van der Waals surface area contributed by atoms with E-state index in [4.69, 9.17) is 4.74 Å². The minimum absolute atomic E-state index is 0.304. The molecule has 0 spiro atoms. The molecular formula is C16H21N3O2. The molecule has 1 saturated heterocycles. The van der Waals surface area contributed by atoms with Gasteiger partial charge in [-0.25, -0.2) is 0 Å². The van der Waals surface area contributed by atoms with Gasteiger partial charge in [0.05, 0.1) is 5.52 Å². The molecule has 0 radical (unpaired) electrons. The molecule has 21 heavy (non-hydrogen) atoms. The zero-order valence-electron chi connectivity index (χ0n) is 12.0. The van der Waals surface area contributed by atoms with E-state index in [1.165, 1.54) is 0 Å². The molecule has 1 aliphatic heterocycles. The zero-order chi connectivity index (χ0) is 14.5. The van der Waals surface area contributed by atoms with E-state index in [1.54, 1.807) is 6.20 Å². The normalized spacial score (nSPS) is 17.8. The lowest BCUT2D eigenvalue weighted by molar-refractivity contribution is 0.0646. The Morgan fingerprint density at radius 1 is 1.24 bits per heavy atom. The first-order chi connectivity index (χ1) is 10.3. The number of β-amino-alcohol motifs (C(OH)–C–C–N with tert-alkyl or cyclic N) is 1. The number of nitrogens with one attached hydrogen (secondary N) is 1. The van der Waals surface area contributed by atoms with Crippen LogP contribution in [0, 0.1) is 0 Å². The molecule has 0 bridgehead atoms. The molecule has 1 unspecified atom stereocenters. The van der Waals surface area contributed by atoms with Crippen LogP contribution in [0.3, 0.4) is 0 Å². The summed E-state index contributed by atoms with van der Waals surface area (Å²) >= 11 is 0. The molecule has 0 amide bonds. The number of aliphatic hydroxyl groups excluding tert-OH is 1. The number of hydrogen-bond donors (Lipinski definition) is 2. The highest BCUT2D eigenvalue weighted by Crippen LogP contribution is 2.23. The number of hydrogen-bond acceptors (Lipinski definition) is 5. The number of pyridine rings is 1. The van der Waals surface area contributed by atoms with Gasteiger partial charge >= 0.3 is 0 Å². The van der Waals surface area contributed by atoms with Crippen LogP contribution >= 0.6 is 0 Å². The maximum absolute atomic E-state index is 10.1. The van der Waals surface area contributed by atoms with Crippen molar-refractivity contribution in [1.29, 1.82) is 0 Å². The fourth-order valence-electron chi connectivity index (χ4n) is 2.63. The molecule has 1 atom stereocenters. The maximum atomic E-state index is 10.1. The van der Waals surface area contributed by atoms with Crippen molar-refractivity contribution in [2.75, 3.05) is 39.3 Å². The highest BCUT2D eigenvalue weighted by molar-refractivity contribution is 5.84. The van der Waals surface area contributed by atoms with Gasteiger partial charge < -0.3 is 15.2 Å². The van der Waals surface area contributed by atoms with E-state index in [0.29, 0.717) is 13.2 Å². The number of aliphatic hydroxyl groups is 1. The van der Waals surface area contributed by atoms with Crippen LogP contribution in [0.5, 0.6) is 5.75 Å². The van der Waals surface area contributed by atoms with Gasteiger partial charge in [0, 0.05) is 44.3 Å². The van der Waals surface area contributed by atoms with Crippen molar-refractivity contribution >= 4 is 10.9 Å². The molecular weight excluding hydrogens is 266 g/mol. The number of ether oxygens (including phenoxy) is 1. The van der Waals surface area contributed by atoms with Crippen molar-refractivity contribution in [2.24, 2.45) is 0 Å². The molecule has 0 saturated carbocycles. The summed E-state index contributed by atoms with van der Waals surface area (Å²) in [7, 11) is 0. The van der Waals surface area contributed by atoms with Gasteiger partial charge in [-0.1, -0.05) is 6.07 Å². The highest BCUT2D eigenvalue weighted by atomic mass is 16.5. The zero-order valence-corrected chi connectivity index (χ0v) is 12.0. The number of benzene rings is 1. The summed E-state index contributed by atoms with van der Waals surface area (Å²) in [5, 5.41) is 14.4. The van der Waals surface area contributed by atoms with Crippen LogP contribution in [0.15, 0.2) is 36.5 Å². The number of rotatable bonds is 5. The number of fused-ring (bicyclic) bond motifs is 1. The summed E-state index contributed by atoms with van der Waals surface area (Å²) in [5.74, 6) is 0.778.